The van der Waals surface area contributed by atoms with E-state index in [9.17, 15) is 0 Å². The predicted molar refractivity (Wildman–Crippen MR) is 62.6 cm³/mol. The number of benzene rings is 1. The van der Waals surface area contributed by atoms with E-state index in [4.69, 9.17) is 0 Å². The van der Waals surface area contributed by atoms with Crippen LogP contribution in [-0.2, 0) is 0 Å². The summed E-state index contributed by atoms with van der Waals surface area (Å²) in [6.07, 6.45) is 7.43. The van der Waals surface area contributed by atoms with Crippen LogP contribution in [0.5, 0.6) is 0 Å². The summed E-state index contributed by atoms with van der Waals surface area (Å²) in [5.74, 6) is 0. The monoisotopic (exact) mass is 214 g/mol. The highest BCUT2D eigenvalue weighted by Crippen LogP contribution is 2.26. The Bertz CT molecular complexity index is 460. The van der Waals surface area contributed by atoms with Crippen LogP contribution in [0.1, 0.15) is 19.3 Å². The summed E-state index contributed by atoms with van der Waals surface area (Å²) in [5, 5.41) is 11.4. The number of nitrogens with one attached hydrogen (secondary N) is 1. The molecule has 0 amide bonds. The average Bonchev–Trinajstić information content (AvgIpc) is 2.77. The van der Waals surface area contributed by atoms with E-state index >= 15 is 0 Å². The molecule has 0 unspecified atom stereocenters. The number of rotatable bonds is 3. The van der Waals surface area contributed by atoms with Crippen LogP contribution >= 0.6 is 0 Å². The first-order valence-electron chi connectivity index (χ1n) is 5.66. The number of aromatic nitrogens is 3. The Kier molecular flexibility index (Phi) is 2.33. The van der Waals surface area contributed by atoms with Gasteiger partial charge in [-0.3, -0.25) is 0 Å². The van der Waals surface area contributed by atoms with Crippen molar-refractivity contribution < 1.29 is 0 Å². The molecule has 16 heavy (non-hydrogen) atoms. The Morgan fingerprint density at radius 3 is 2.81 bits per heavy atom. The fourth-order valence-electron chi connectivity index (χ4n) is 1.90. The molecular formula is C12H14N4. The van der Waals surface area contributed by atoms with E-state index in [2.05, 4.69) is 27.8 Å². The van der Waals surface area contributed by atoms with Gasteiger partial charge in [-0.2, -0.15) is 0 Å². The van der Waals surface area contributed by atoms with Gasteiger partial charge in [-0.25, -0.2) is 4.68 Å². The van der Waals surface area contributed by atoms with Crippen LogP contribution in [-0.4, -0.2) is 21.0 Å². The Balaban J connectivity index is 1.91. The smallest absolute Gasteiger partial charge is 0.0894 e. The molecule has 3 rings (SSSR count). The Morgan fingerprint density at radius 1 is 1.25 bits per heavy atom. The predicted octanol–water partition coefficient (Wildman–Crippen LogP) is 2.23. The molecule has 2 aromatic rings. The largest absolute Gasteiger partial charge is 0.381 e. The minimum Gasteiger partial charge on any atom is -0.381 e. The van der Waals surface area contributed by atoms with Gasteiger partial charge in [0.05, 0.1) is 23.8 Å². The lowest BCUT2D eigenvalue weighted by molar-refractivity contribution is 0.445. The molecule has 4 heteroatoms. The van der Waals surface area contributed by atoms with Gasteiger partial charge < -0.3 is 5.32 Å². The van der Waals surface area contributed by atoms with E-state index in [0.29, 0.717) is 6.04 Å². The van der Waals surface area contributed by atoms with Crippen LogP contribution in [0.3, 0.4) is 0 Å². The van der Waals surface area contributed by atoms with Crippen molar-refractivity contribution in [1.29, 1.82) is 0 Å². The second-order valence-corrected chi connectivity index (χ2v) is 4.14. The first-order chi connectivity index (χ1) is 7.93. The fraction of sp³-hybridized carbons (Fsp3) is 0.333. The van der Waals surface area contributed by atoms with E-state index in [1.165, 1.54) is 19.3 Å². The zero-order chi connectivity index (χ0) is 10.8. The van der Waals surface area contributed by atoms with Gasteiger partial charge in [0.1, 0.15) is 0 Å². The number of nitrogens with zero attached hydrogens (tertiary/aromatic N) is 3. The lowest BCUT2D eigenvalue weighted by Crippen LogP contribution is -2.27. The van der Waals surface area contributed by atoms with Gasteiger partial charge in [-0.15, -0.1) is 5.10 Å². The molecule has 1 aliphatic carbocycles. The standard InChI is InChI=1S/C12H14N4/c1-2-7-12(16-9-8-13-15-16)11(6-1)14-10-4-3-5-10/h1-2,6-10,14H,3-5H2. The molecule has 1 aromatic carbocycles. The third kappa shape index (κ3) is 1.66. The number of hydrogen-bond acceptors (Lipinski definition) is 3. The van der Waals surface area contributed by atoms with Crippen molar-refractivity contribution in [3.8, 4) is 5.69 Å². The van der Waals surface area contributed by atoms with E-state index < -0.39 is 0 Å². The third-order valence-corrected chi connectivity index (χ3v) is 3.04. The van der Waals surface area contributed by atoms with E-state index in [0.717, 1.165) is 11.4 Å². The number of para-hydroxylation sites is 2. The normalized spacial score (nSPS) is 15.8. The van der Waals surface area contributed by atoms with Crippen LogP contribution in [0.4, 0.5) is 5.69 Å². The molecule has 1 heterocycles. The summed E-state index contributed by atoms with van der Waals surface area (Å²) in [7, 11) is 0. The van der Waals surface area contributed by atoms with Gasteiger partial charge in [0.2, 0.25) is 0 Å². The molecule has 1 fully saturated rings. The van der Waals surface area contributed by atoms with Gasteiger partial charge >= 0.3 is 0 Å². The highest BCUT2D eigenvalue weighted by Gasteiger charge is 2.18. The molecule has 1 N–H and O–H groups in total. The van der Waals surface area contributed by atoms with E-state index in [-0.39, 0.29) is 0 Å². The fourth-order valence-corrected chi connectivity index (χ4v) is 1.90. The van der Waals surface area contributed by atoms with Crippen molar-refractivity contribution in [2.24, 2.45) is 0 Å². The maximum Gasteiger partial charge on any atom is 0.0894 e. The molecule has 0 spiro atoms. The molecule has 4 nitrogen and oxygen atoms in total. The van der Waals surface area contributed by atoms with Crippen molar-refractivity contribution in [3.05, 3.63) is 36.7 Å². The second-order valence-electron chi connectivity index (χ2n) is 4.14. The zero-order valence-electron chi connectivity index (χ0n) is 9.00. The van der Waals surface area contributed by atoms with E-state index in [1.807, 2.05) is 18.3 Å². The Morgan fingerprint density at radius 2 is 2.12 bits per heavy atom. The van der Waals surface area contributed by atoms with Gasteiger partial charge in [0.15, 0.2) is 0 Å². The third-order valence-electron chi connectivity index (χ3n) is 3.04. The van der Waals surface area contributed by atoms with Crippen molar-refractivity contribution in [2.75, 3.05) is 5.32 Å². The number of anilines is 1. The van der Waals surface area contributed by atoms with Crippen molar-refractivity contribution in [2.45, 2.75) is 25.3 Å². The van der Waals surface area contributed by atoms with E-state index in [1.54, 1.807) is 10.9 Å². The van der Waals surface area contributed by atoms with Gasteiger partial charge in [-0.1, -0.05) is 17.3 Å². The lowest BCUT2D eigenvalue weighted by atomic mass is 9.93. The zero-order valence-corrected chi connectivity index (χ0v) is 9.00. The average molecular weight is 214 g/mol. The molecule has 0 saturated heterocycles. The summed E-state index contributed by atoms with van der Waals surface area (Å²) < 4.78 is 1.79. The molecule has 0 atom stereocenters. The van der Waals surface area contributed by atoms with Crippen LogP contribution < -0.4 is 5.32 Å². The van der Waals surface area contributed by atoms with Gasteiger partial charge in [-0.05, 0) is 31.4 Å². The molecule has 0 aliphatic heterocycles. The molecule has 0 radical (unpaired) electrons. The molecule has 0 bridgehead atoms. The molecule has 1 saturated carbocycles. The summed E-state index contributed by atoms with van der Waals surface area (Å²) in [5.41, 5.74) is 2.20. The van der Waals surface area contributed by atoms with Crippen LogP contribution in [0, 0.1) is 0 Å². The maximum absolute atomic E-state index is 4.02. The van der Waals surface area contributed by atoms with Crippen LogP contribution in [0.2, 0.25) is 0 Å². The van der Waals surface area contributed by atoms with Crippen molar-refractivity contribution in [1.82, 2.24) is 15.0 Å². The molecule has 1 aliphatic rings. The Labute approximate surface area is 94.3 Å². The highest BCUT2D eigenvalue weighted by atomic mass is 15.4. The van der Waals surface area contributed by atoms with Crippen molar-refractivity contribution >= 4 is 5.69 Å². The van der Waals surface area contributed by atoms with Crippen molar-refractivity contribution in [3.63, 3.8) is 0 Å². The molecular weight excluding hydrogens is 200 g/mol. The first kappa shape index (κ1) is 9.39. The lowest BCUT2D eigenvalue weighted by Gasteiger charge is -2.28. The van der Waals surface area contributed by atoms with Crippen LogP contribution in [0.25, 0.3) is 5.69 Å². The molecule has 1 aromatic heterocycles. The Hall–Kier alpha value is -1.84. The maximum atomic E-state index is 4.02. The second kappa shape index (κ2) is 3.96. The van der Waals surface area contributed by atoms with Crippen LogP contribution in [0.15, 0.2) is 36.7 Å². The summed E-state index contributed by atoms with van der Waals surface area (Å²) in [4.78, 5) is 0. The first-order valence-corrected chi connectivity index (χ1v) is 5.66. The minimum atomic E-state index is 0.629. The SMILES string of the molecule is c1ccc(-n2ccnn2)c(NC2CCC2)c1. The summed E-state index contributed by atoms with van der Waals surface area (Å²) in [6, 6.07) is 8.83. The quantitative estimate of drug-likeness (QED) is 0.852. The highest BCUT2D eigenvalue weighted by molar-refractivity contribution is 5.61. The number of hydrogen-bond donors (Lipinski definition) is 1. The molecule has 82 valence electrons. The summed E-state index contributed by atoms with van der Waals surface area (Å²) in [6.45, 7) is 0. The van der Waals surface area contributed by atoms with Gasteiger partial charge in [0, 0.05) is 6.04 Å². The topological polar surface area (TPSA) is 42.7 Å². The summed E-state index contributed by atoms with van der Waals surface area (Å²) >= 11 is 0. The minimum absolute atomic E-state index is 0.629. The van der Waals surface area contributed by atoms with Gasteiger partial charge in [0.25, 0.3) is 0 Å².